The minimum Gasteiger partial charge on any atom is -0.496 e. The maximum atomic E-state index is 13.1. The van der Waals surface area contributed by atoms with Gasteiger partial charge < -0.3 is 19.1 Å². The molecule has 3 rings (SSSR count). The van der Waals surface area contributed by atoms with E-state index in [4.69, 9.17) is 14.2 Å². The number of ether oxygens (including phenoxy) is 3. The fourth-order valence-corrected chi connectivity index (χ4v) is 3.74. The molecule has 1 saturated heterocycles. The topological polar surface area (TPSA) is 51.2 Å². The summed E-state index contributed by atoms with van der Waals surface area (Å²) in [7, 11) is 4.68. The van der Waals surface area contributed by atoms with Crippen molar-refractivity contribution < 1.29 is 19.0 Å². The van der Waals surface area contributed by atoms with Gasteiger partial charge in [-0.1, -0.05) is 38.1 Å². The van der Waals surface area contributed by atoms with Gasteiger partial charge >= 0.3 is 0 Å². The van der Waals surface area contributed by atoms with Gasteiger partial charge in [0.1, 0.15) is 5.75 Å². The SMILES string of the molecule is COc1cc(OC)c(C(=O)N2CCN(Cc3ccc(C(C)C)cc3)CC2)cc1OC. The van der Waals surface area contributed by atoms with Crippen molar-refractivity contribution in [2.45, 2.75) is 26.3 Å². The van der Waals surface area contributed by atoms with Crippen molar-refractivity contribution in [2.24, 2.45) is 0 Å². The van der Waals surface area contributed by atoms with Crippen molar-refractivity contribution in [2.75, 3.05) is 47.5 Å². The minimum absolute atomic E-state index is 0.0475. The average molecular weight is 413 g/mol. The molecule has 0 spiro atoms. The summed E-state index contributed by atoms with van der Waals surface area (Å²) in [6, 6.07) is 12.2. The van der Waals surface area contributed by atoms with Crippen molar-refractivity contribution in [3.8, 4) is 17.2 Å². The number of amides is 1. The van der Waals surface area contributed by atoms with Crippen LogP contribution in [0.4, 0.5) is 0 Å². The van der Waals surface area contributed by atoms with Crippen LogP contribution < -0.4 is 14.2 Å². The first kappa shape index (κ1) is 22.0. The number of carbonyl (C=O) groups excluding carboxylic acids is 1. The van der Waals surface area contributed by atoms with Gasteiger partial charge in [-0.15, -0.1) is 0 Å². The Kier molecular flexibility index (Phi) is 7.21. The largest absolute Gasteiger partial charge is 0.496 e. The molecule has 0 saturated carbocycles. The van der Waals surface area contributed by atoms with Gasteiger partial charge in [-0.2, -0.15) is 0 Å². The molecule has 0 aliphatic carbocycles. The second-order valence-electron chi connectivity index (χ2n) is 7.87. The number of hydrogen-bond donors (Lipinski definition) is 0. The molecule has 1 fully saturated rings. The fraction of sp³-hybridized carbons (Fsp3) is 0.458. The zero-order valence-electron chi connectivity index (χ0n) is 18.6. The summed E-state index contributed by atoms with van der Waals surface area (Å²) in [5.74, 6) is 2.05. The Morgan fingerprint density at radius 3 is 1.97 bits per heavy atom. The summed E-state index contributed by atoms with van der Waals surface area (Å²) in [5, 5.41) is 0. The Morgan fingerprint density at radius 1 is 0.867 bits per heavy atom. The van der Waals surface area contributed by atoms with Gasteiger partial charge in [0, 0.05) is 44.9 Å². The first-order valence-electron chi connectivity index (χ1n) is 10.4. The number of rotatable bonds is 7. The first-order valence-corrected chi connectivity index (χ1v) is 10.4. The molecule has 0 aromatic heterocycles. The highest BCUT2D eigenvalue weighted by Crippen LogP contribution is 2.35. The fourth-order valence-electron chi connectivity index (χ4n) is 3.74. The lowest BCUT2D eigenvalue weighted by Crippen LogP contribution is -2.48. The lowest BCUT2D eigenvalue weighted by atomic mass is 10.0. The number of piperazine rings is 1. The van der Waals surface area contributed by atoms with Gasteiger partial charge in [0.05, 0.1) is 26.9 Å². The van der Waals surface area contributed by atoms with Crippen molar-refractivity contribution in [3.05, 3.63) is 53.1 Å². The predicted molar refractivity (Wildman–Crippen MR) is 118 cm³/mol. The van der Waals surface area contributed by atoms with Gasteiger partial charge in [0.25, 0.3) is 5.91 Å². The van der Waals surface area contributed by atoms with E-state index in [1.807, 2.05) is 4.90 Å². The summed E-state index contributed by atoms with van der Waals surface area (Å²) < 4.78 is 16.1. The zero-order chi connectivity index (χ0) is 21.7. The second kappa shape index (κ2) is 9.85. The van der Waals surface area contributed by atoms with Gasteiger partial charge in [0.2, 0.25) is 0 Å². The predicted octanol–water partition coefficient (Wildman–Crippen LogP) is 3.79. The molecule has 0 unspecified atom stereocenters. The minimum atomic E-state index is -0.0475. The summed E-state index contributed by atoms with van der Waals surface area (Å²) in [6.07, 6.45) is 0. The van der Waals surface area contributed by atoms with E-state index in [2.05, 4.69) is 43.0 Å². The first-order chi connectivity index (χ1) is 14.5. The maximum Gasteiger partial charge on any atom is 0.257 e. The highest BCUT2D eigenvalue weighted by atomic mass is 16.5. The molecule has 0 radical (unpaired) electrons. The molecule has 1 amide bonds. The monoisotopic (exact) mass is 412 g/mol. The van der Waals surface area contributed by atoms with Crippen molar-refractivity contribution >= 4 is 5.91 Å². The third-order valence-electron chi connectivity index (χ3n) is 5.65. The third kappa shape index (κ3) is 4.87. The number of nitrogens with zero attached hydrogens (tertiary/aromatic N) is 2. The Morgan fingerprint density at radius 2 is 1.43 bits per heavy atom. The summed E-state index contributed by atoms with van der Waals surface area (Å²) >= 11 is 0. The van der Waals surface area contributed by atoms with E-state index >= 15 is 0 Å². The lowest BCUT2D eigenvalue weighted by molar-refractivity contribution is 0.0625. The van der Waals surface area contributed by atoms with E-state index < -0.39 is 0 Å². The number of benzene rings is 2. The van der Waals surface area contributed by atoms with Gasteiger partial charge in [-0.3, -0.25) is 9.69 Å². The van der Waals surface area contributed by atoms with E-state index in [0.717, 1.165) is 19.6 Å². The Hall–Kier alpha value is -2.73. The zero-order valence-corrected chi connectivity index (χ0v) is 18.6. The van der Waals surface area contributed by atoms with Crippen LogP contribution in [0.15, 0.2) is 36.4 Å². The molecule has 0 N–H and O–H groups in total. The molecule has 1 heterocycles. The van der Waals surface area contributed by atoms with Crippen molar-refractivity contribution in [1.82, 2.24) is 9.80 Å². The molecule has 162 valence electrons. The van der Waals surface area contributed by atoms with Crippen LogP contribution in [0.1, 0.15) is 41.3 Å². The molecule has 2 aromatic rings. The highest BCUT2D eigenvalue weighted by molar-refractivity contribution is 5.98. The van der Waals surface area contributed by atoms with Crippen LogP contribution in [-0.2, 0) is 6.54 Å². The van der Waals surface area contributed by atoms with Gasteiger partial charge in [-0.05, 0) is 17.0 Å². The Bertz CT molecular complexity index is 856. The van der Waals surface area contributed by atoms with Crippen molar-refractivity contribution in [3.63, 3.8) is 0 Å². The average Bonchev–Trinajstić information content (AvgIpc) is 2.78. The molecule has 6 heteroatoms. The standard InChI is InChI=1S/C24H32N2O4/c1-17(2)19-8-6-18(7-9-19)16-25-10-12-26(13-11-25)24(27)20-14-22(29-4)23(30-5)15-21(20)28-3/h6-9,14-15,17H,10-13,16H2,1-5H3. The molecule has 1 aliphatic rings. The molecule has 0 bridgehead atoms. The molecule has 1 aliphatic heterocycles. The highest BCUT2D eigenvalue weighted by Gasteiger charge is 2.26. The molecule has 6 nitrogen and oxygen atoms in total. The number of methoxy groups -OCH3 is 3. The summed E-state index contributed by atoms with van der Waals surface area (Å²) in [4.78, 5) is 17.4. The molecular formula is C24H32N2O4. The Labute approximate surface area is 179 Å². The van der Waals surface area contributed by atoms with Crippen LogP contribution in [0.3, 0.4) is 0 Å². The molecular weight excluding hydrogens is 380 g/mol. The van der Waals surface area contributed by atoms with Crippen LogP contribution in [0.5, 0.6) is 17.2 Å². The van der Waals surface area contributed by atoms with Crippen LogP contribution in [0.2, 0.25) is 0 Å². The quantitative estimate of drug-likeness (QED) is 0.693. The van der Waals surface area contributed by atoms with Gasteiger partial charge in [0.15, 0.2) is 11.5 Å². The molecule has 30 heavy (non-hydrogen) atoms. The molecule has 2 aromatic carbocycles. The van der Waals surface area contributed by atoms with E-state index in [-0.39, 0.29) is 5.91 Å². The normalized spacial score (nSPS) is 14.7. The van der Waals surface area contributed by atoms with Crippen LogP contribution in [0, 0.1) is 0 Å². The van der Waals surface area contributed by atoms with Crippen LogP contribution >= 0.6 is 0 Å². The van der Waals surface area contributed by atoms with Crippen molar-refractivity contribution in [1.29, 1.82) is 0 Å². The maximum absolute atomic E-state index is 13.1. The van der Waals surface area contributed by atoms with Crippen LogP contribution in [0.25, 0.3) is 0 Å². The Balaban J connectivity index is 1.64. The lowest BCUT2D eigenvalue weighted by Gasteiger charge is -2.35. The second-order valence-corrected chi connectivity index (χ2v) is 7.87. The summed E-state index contributed by atoms with van der Waals surface area (Å²) in [6.45, 7) is 8.36. The number of hydrogen-bond acceptors (Lipinski definition) is 5. The van der Waals surface area contributed by atoms with E-state index in [0.29, 0.717) is 41.8 Å². The third-order valence-corrected chi connectivity index (χ3v) is 5.65. The van der Waals surface area contributed by atoms with E-state index in [1.54, 1.807) is 33.5 Å². The van der Waals surface area contributed by atoms with E-state index in [1.165, 1.54) is 11.1 Å². The summed E-state index contributed by atoms with van der Waals surface area (Å²) in [5.41, 5.74) is 3.16. The molecule has 0 atom stereocenters. The smallest absolute Gasteiger partial charge is 0.257 e. The van der Waals surface area contributed by atoms with Gasteiger partial charge in [-0.25, -0.2) is 0 Å². The van der Waals surface area contributed by atoms with E-state index in [9.17, 15) is 4.79 Å². The van der Waals surface area contributed by atoms with Crippen LogP contribution in [-0.4, -0.2) is 63.2 Å². The number of carbonyl (C=O) groups is 1.